The Morgan fingerprint density at radius 2 is 2.06 bits per heavy atom. The number of aliphatic hydroxyl groups is 2. The summed E-state index contributed by atoms with van der Waals surface area (Å²) in [4.78, 5) is 10.4. The van der Waals surface area contributed by atoms with Crippen LogP contribution in [0.25, 0.3) is 0 Å². The average Bonchev–Trinajstić information content (AvgIpc) is 2.26. The lowest BCUT2D eigenvalue weighted by Crippen LogP contribution is -2.27. The predicted octanol–water partition coefficient (Wildman–Crippen LogP) is 0.691. The van der Waals surface area contributed by atoms with Gasteiger partial charge in [-0.1, -0.05) is 17.7 Å². The summed E-state index contributed by atoms with van der Waals surface area (Å²) in [6, 6.07) is 5.75. The van der Waals surface area contributed by atoms with E-state index in [0.717, 1.165) is 0 Å². The van der Waals surface area contributed by atoms with Crippen LogP contribution in [0.3, 0.4) is 0 Å². The SMILES string of the molecule is N#Cc1ccc(C(O)C(O)C(=O)O)cc1Cl. The predicted molar refractivity (Wildman–Crippen MR) is 54.8 cm³/mol. The summed E-state index contributed by atoms with van der Waals surface area (Å²) in [7, 11) is 0. The van der Waals surface area contributed by atoms with Crippen molar-refractivity contribution in [1.29, 1.82) is 5.26 Å². The second kappa shape index (κ2) is 4.94. The molecule has 0 saturated heterocycles. The number of carboxylic acid groups (broad SMARTS) is 1. The van der Waals surface area contributed by atoms with Gasteiger partial charge in [0, 0.05) is 0 Å². The van der Waals surface area contributed by atoms with Crippen LogP contribution in [-0.4, -0.2) is 27.4 Å². The first kappa shape index (κ1) is 12.5. The monoisotopic (exact) mass is 241 g/mol. The van der Waals surface area contributed by atoms with Crippen LogP contribution in [0.4, 0.5) is 0 Å². The Bertz CT molecular complexity index is 455. The van der Waals surface area contributed by atoms with E-state index in [-0.39, 0.29) is 16.1 Å². The van der Waals surface area contributed by atoms with Gasteiger partial charge in [-0.05, 0) is 17.7 Å². The molecule has 1 rings (SSSR count). The highest BCUT2D eigenvalue weighted by Gasteiger charge is 2.25. The number of nitrogens with zero attached hydrogens (tertiary/aromatic N) is 1. The van der Waals surface area contributed by atoms with Crippen LogP contribution in [0, 0.1) is 11.3 Å². The third kappa shape index (κ3) is 2.49. The number of halogens is 1. The molecule has 0 aliphatic heterocycles. The maximum atomic E-state index is 10.4. The van der Waals surface area contributed by atoms with Gasteiger partial charge >= 0.3 is 5.97 Å². The van der Waals surface area contributed by atoms with E-state index in [0.29, 0.717) is 0 Å². The lowest BCUT2D eigenvalue weighted by atomic mass is 10.0. The van der Waals surface area contributed by atoms with Crippen LogP contribution in [0.1, 0.15) is 17.2 Å². The summed E-state index contributed by atoms with van der Waals surface area (Å²) in [5, 5.41) is 35.8. The van der Waals surface area contributed by atoms with Crippen molar-refractivity contribution in [1.82, 2.24) is 0 Å². The molecule has 0 fully saturated rings. The van der Waals surface area contributed by atoms with Crippen molar-refractivity contribution in [3.63, 3.8) is 0 Å². The van der Waals surface area contributed by atoms with Crippen molar-refractivity contribution in [3.8, 4) is 6.07 Å². The summed E-state index contributed by atoms with van der Waals surface area (Å²) < 4.78 is 0. The minimum atomic E-state index is -1.93. The molecule has 16 heavy (non-hydrogen) atoms. The normalized spacial score (nSPS) is 13.9. The van der Waals surface area contributed by atoms with Gasteiger partial charge in [-0.15, -0.1) is 0 Å². The fraction of sp³-hybridized carbons (Fsp3) is 0.200. The highest BCUT2D eigenvalue weighted by Crippen LogP contribution is 2.23. The molecule has 2 atom stereocenters. The molecule has 0 spiro atoms. The summed E-state index contributed by atoms with van der Waals surface area (Å²) in [5.41, 5.74) is 0.348. The molecule has 5 nitrogen and oxygen atoms in total. The molecule has 2 unspecified atom stereocenters. The second-order valence-corrected chi connectivity index (χ2v) is 3.49. The molecule has 0 radical (unpaired) electrons. The smallest absolute Gasteiger partial charge is 0.335 e. The Labute approximate surface area is 96.1 Å². The van der Waals surface area contributed by atoms with Crippen molar-refractivity contribution in [3.05, 3.63) is 34.3 Å². The number of hydrogen-bond acceptors (Lipinski definition) is 4. The summed E-state index contributed by atoms with van der Waals surface area (Å²) in [5.74, 6) is -1.53. The fourth-order valence-electron chi connectivity index (χ4n) is 1.12. The number of hydrogen-bond donors (Lipinski definition) is 3. The van der Waals surface area contributed by atoms with Gasteiger partial charge in [-0.3, -0.25) is 0 Å². The van der Waals surface area contributed by atoms with E-state index in [1.54, 1.807) is 0 Å². The van der Waals surface area contributed by atoms with E-state index in [1.807, 2.05) is 6.07 Å². The molecule has 0 saturated carbocycles. The van der Waals surface area contributed by atoms with Crippen LogP contribution in [-0.2, 0) is 4.79 Å². The van der Waals surface area contributed by atoms with E-state index >= 15 is 0 Å². The molecule has 84 valence electrons. The van der Waals surface area contributed by atoms with Crippen LogP contribution in [0.2, 0.25) is 5.02 Å². The van der Waals surface area contributed by atoms with Gasteiger partial charge < -0.3 is 15.3 Å². The molecule has 0 aromatic heterocycles. The van der Waals surface area contributed by atoms with Crippen LogP contribution in [0.15, 0.2) is 18.2 Å². The standard InChI is InChI=1S/C10H8ClNO4/c11-7-3-5(1-2-6(7)4-12)8(13)9(14)10(15)16/h1-3,8-9,13-14H,(H,15,16). The Morgan fingerprint density at radius 3 is 2.50 bits per heavy atom. The van der Waals surface area contributed by atoms with Gasteiger partial charge in [0.05, 0.1) is 10.6 Å². The molecule has 0 amide bonds. The van der Waals surface area contributed by atoms with E-state index in [4.69, 9.17) is 27.1 Å². The quantitative estimate of drug-likeness (QED) is 0.723. The Hall–Kier alpha value is -1.61. The summed E-state index contributed by atoms with van der Waals surface area (Å²) in [6.07, 6.45) is -3.51. The zero-order valence-corrected chi connectivity index (χ0v) is 8.72. The summed E-state index contributed by atoms with van der Waals surface area (Å²) in [6.45, 7) is 0. The highest BCUT2D eigenvalue weighted by atomic mass is 35.5. The largest absolute Gasteiger partial charge is 0.479 e. The van der Waals surface area contributed by atoms with Crippen molar-refractivity contribution < 1.29 is 20.1 Å². The lowest BCUT2D eigenvalue weighted by Gasteiger charge is -2.14. The number of rotatable bonds is 3. The molecular weight excluding hydrogens is 234 g/mol. The van der Waals surface area contributed by atoms with E-state index in [9.17, 15) is 9.90 Å². The first-order chi connectivity index (χ1) is 7.47. The second-order valence-electron chi connectivity index (χ2n) is 3.08. The number of nitriles is 1. The van der Waals surface area contributed by atoms with Gasteiger partial charge in [0.25, 0.3) is 0 Å². The van der Waals surface area contributed by atoms with Crippen molar-refractivity contribution in [2.45, 2.75) is 12.2 Å². The molecule has 0 bridgehead atoms. The molecular formula is C10H8ClNO4. The fourth-order valence-corrected chi connectivity index (χ4v) is 1.35. The van der Waals surface area contributed by atoms with Crippen molar-refractivity contribution in [2.24, 2.45) is 0 Å². The lowest BCUT2D eigenvalue weighted by molar-refractivity contribution is -0.153. The topological polar surface area (TPSA) is 102 Å². The third-order valence-corrected chi connectivity index (χ3v) is 2.32. The van der Waals surface area contributed by atoms with Gasteiger partial charge in [-0.25, -0.2) is 4.79 Å². The van der Waals surface area contributed by atoms with Crippen LogP contribution < -0.4 is 0 Å². The minimum Gasteiger partial charge on any atom is -0.479 e. The number of benzene rings is 1. The van der Waals surface area contributed by atoms with E-state index in [2.05, 4.69) is 0 Å². The molecule has 6 heteroatoms. The van der Waals surface area contributed by atoms with Gasteiger partial charge in [0.2, 0.25) is 0 Å². The Morgan fingerprint density at radius 1 is 1.44 bits per heavy atom. The molecule has 0 heterocycles. The zero-order chi connectivity index (χ0) is 12.3. The van der Waals surface area contributed by atoms with E-state index in [1.165, 1.54) is 18.2 Å². The Kier molecular flexibility index (Phi) is 3.85. The minimum absolute atomic E-state index is 0.0941. The average molecular weight is 242 g/mol. The molecule has 0 aliphatic rings. The Balaban J connectivity index is 3.02. The molecule has 1 aromatic carbocycles. The maximum absolute atomic E-state index is 10.4. The van der Waals surface area contributed by atoms with E-state index < -0.39 is 18.2 Å². The first-order valence-electron chi connectivity index (χ1n) is 4.26. The third-order valence-electron chi connectivity index (χ3n) is 2.01. The molecule has 1 aromatic rings. The number of aliphatic carboxylic acids is 1. The van der Waals surface area contributed by atoms with Gasteiger partial charge in [0.15, 0.2) is 6.10 Å². The molecule has 3 N–H and O–H groups in total. The van der Waals surface area contributed by atoms with Crippen LogP contribution >= 0.6 is 11.6 Å². The number of carbonyl (C=O) groups is 1. The van der Waals surface area contributed by atoms with Crippen molar-refractivity contribution >= 4 is 17.6 Å². The number of carboxylic acids is 1. The summed E-state index contributed by atoms with van der Waals surface area (Å²) >= 11 is 5.70. The number of aliphatic hydroxyl groups excluding tert-OH is 2. The van der Waals surface area contributed by atoms with Crippen molar-refractivity contribution in [2.75, 3.05) is 0 Å². The zero-order valence-electron chi connectivity index (χ0n) is 7.96. The first-order valence-corrected chi connectivity index (χ1v) is 4.63. The maximum Gasteiger partial charge on any atom is 0.335 e. The van der Waals surface area contributed by atoms with Crippen LogP contribution in [0.5, 0.6) is 0 Å². The highest BCUT2D eigenvalue weighted by molar-refractivity contribution is 6.31. The van der Waals surface area contributed by atoms with Gasteiger partial charge in [-0.2, -0.15) is 5.26 Å². The molecule has 0 aliphatic carbocycles. The van der Waals surface area contributed by atoms with Gasteiger partial charge in [0.1, 0.15) is 12.2 Å².